The minimum Gasteiger partial charge on any atom is -0.463 e. The predicted octanol–water partition coefficient (Wildman–Crippen LogP) is 4.62. The molecule has 2 atom stereocenters. The molecule has 8 nitrogen and oxygen atoms in total. The zero-order chi connectivity index (χ0) is 26.7. The lowest BCUT2D eigenvalue weighted by Crippen LogP contribution is -2.57. The molecule has 0 aromatic heterocycles. The molecule has 37 heavy (non-hydrogen) atoms. The highest BCUT2D eigenvalue weighted by Gasteiger charge is 2.40. The topological polar surface area (TPSA) is 82.2 Å². The first kappa shape index (κ1) is 27.7. The van der Waals surface area contributed by atoms with Crippen LogP contribution in [0.3, 0.4) is 0 Å². The molecule has 1 N–H and O–H groups in total. The highest BCUT2D eigenvalue weighted by Crippen LogP contribution is 2.38. The minimum absolute atomic E-state index is 0.0409. The van der Waals surface area contributed by atoms with E-state index < -0.39 is 12.0 Å². The number of nitrogens with zero attached hydrogens (tertiary/aromatic N) is 3. The van der Waals surface area contributed by atoms with Crippen LogP contribution in [0, 0.1) is 5.92 Å². The summed E-state index contributed by atoms with van der Waals surface area (Å²) in [6, 6.07) is 4.10. The number of ether oxygens (including phenoxy) is 1. The number of benzene rings is 1. The van der Waals surface area contributed by atoms with Crippen LogP contribution in [0.1, 0.15) is 58.1 Å². The van der Waals surface area contributed by atoms with Gasteiger partial charge in [0.25, 0.3) is 0 Å². The molecule has 1 aromatic rings. The predicted molar refractivity (Wildman–Crippen MR) is 143 cm³/mol. The number of halogens is 2. The summed E-state index contributed by atoms with van der Waals surface area (Å²) in [4.78, 5) is 45.4. The lowest BCUT2D eigenvalue weighted by atomic mass is 9.93. The standard InChI is InChI=1S/C27H36Cl2N4O4/c1-4-32-21(16-31-13-14-33(17(3)15-31)25(34)18-9-6-7-10-18)22(26(35)37-5-2)24(30-27(32)36)19-11-8-12-20(28)23(19)29/h8,11-12,17-18,24H,4-7,9-10,13-16H2,1-3H3,(H,30,36)/t17-,24+/m0/s1. The Kier molecular flexibility index (Phi) is 9.03. The number of esters is 1. The van der Waals surface area contributed by atoms with Crippen LogP contribution in [0.4, 0.5) is 4.79 Å². The molecule has 0 bridgehead atoms. The van der Waals surface area contributed by atoms with Crippen molar-refractivity contribution in [2.45, 2.75) is 58.5 Å². The Labute approximate surface area is 228 Å². The number of amides is 3. The van der Waals surface area contributed by atoms with Gasteiger partial charge in [0.05, 0.1) is 28.3 Å². The van der Waals surface area contributed by atoms with Crippen molar-refractivity contribution >= 4 is 41.1 Å². The van der Waals surface area contributed by atoms with E-state index in [1.165, 1.54) is 0 Å². The molecule has 0 unspecified atom stereocenters. The molecule has 0 radical (unpaired) electrons. The molecule has 2 aliphatic heterocycles. The molecule has 2 fully saturated rings. The Balaban J connectivity index is 1.65. The van der Waals surface area contributed by atoms with E-state index in [0.717, 1.165) is 25.7 Å². The second-order valence-corrected chi connectivity index (χ2v) is 10.7. The average Bonchev–Trinajstić information content (AvgIpc) is 3.40. The van der Waals surface area contributed by atoms with Crippen molar-refractivity contribution in [1.82, 2.24) is 20.0 Å². The van der Waals surface area contributed by atoms with E-state index >= 15 is 0 Å². The van der Waals surface area contributed by atoms with Gasteiger partial charge in [0.2, 0.25) is 5.91 Å². The summed E-state index contributed by atoms with van der Waals surface area (Å²) >= 11 is 12.8. The zero-order valence-electron chi connectivity index (χ0n) is 21.8. The Bertz CT molecular complexity index is 1070. The molecular weight excluding hydrogens is 515 g/mol. The van der Waals surface area contributed by atoms with Gasteiger partial charge >= 0.3 is 12.0 Å². The Hall–Kier alpha value is -2.29. The number of hydrogen-bond acceptors (Lipinski definition) is 5. The van der Waals surface area contributed by atoms with Gasteiger partial charge in [-0.1, -0.05) is 48.2 Å². The third kappa shape index (κ3) is 5.76. The number of likely N-dealkylation sites (N-methyl/N-ethyl adjacent to an activating group) is 1. The molecule has 0 spiro atoms. The molecule has 202 valence electrons. The first-order valence-corrected chi connectivity index (χ1v) is 14.0. The van der Waals surface area contributed by atoms with Crippen LogP contribution >= 0.6 is 23.2 Å². The fraction of sp³-hybridized carbons (Fsp3) is 0.593. The molecule has 1 saturated carbocycles. The van der Waals surface area contributed by atoms with Crippen molar-refractivity contribution in [3.05, 3.63) is 45.1 Å². The Morgan fingerprint density at radius 1 is 1.14 bits per heavy atom. The fourth-order valence-electron chi connectivity index (χ4n) is 5.76. The number of hydrogen-bond donors (Lipinski definition) is 1. The van der Waals surface area contributed by atoms with Crippen molar-refractivity contribution in [1.29, 1.82) is 0 Å². The summed E-state index contributed by atoms with van der Waals surface area (Å²) in [6.45, 7) is 8.58. The van der Waals surface area contributed by atoms with E-state index in [1.807, 2.05) is 11.8 Å². The van der Waals surface area contributed by atoms with Crippen molar-refractivity contribution < 1.29 is 19.1 Å². The van der Waals surface area contributed by atoms with E-state index in [0.29, 0.717) is 54.6 Å². The molecule has 1 saturated heterocycles. The highest BCUT2D eigenvalue weighted by molar-refractivity contribution is 6.42. The Morgan fingerprint density at radius 3 is 2.51 bits per heavy atom. The molecule has 1 aliphatic carbocycles. The maximum atomic E-state index is 13.3. The average molecular weight is 552 g/mol. The summed E-state index contributed by atoms with van der Waals surface area (Å²) < 4.78 is 5.46. The largest absolute Gasteiger partial charge is 0.463 e. The second-order valence-electron chi connectivity index (χ2n) is 9.95. The number of nitrogens with one attached hydrogen (secondary N) is 1. The number of rotatable bonds is 7. The number of piperazine rings is 1. The molecule has 1 aromatic carbocycles. The van der Waals surface area contributed by atoms with Gasteiger partial charge in [0.15, 0.2) is 0 Å². The maximum Gasteiger partial charge on any atom is 0.338 e. The van der Waals surface area contributed by atoms with Crippen molar-refractivity contribution in [3.8, 4) is 0 Å². The molecule has 2 heterocycles. The normalized spacial score (nSPS) is 23.4. The number of carbonyl (C=O) groups excluding carboxylic acids is 3. The van der Waals surface area contributed by atoms with Crippen LogP contribution in [0.5, 0.6) is 0 Å². The number of urea groups is 1. The van der Waals surface area contributed by atoms with Gasteiger partial charge in [-0.3, -0.25) is 14.6 Å². The summed E-state index contributed by atoms with van der Waals surface area (Å²) in [7, 11) is 0. The summed E-state index contributed by atoms with van der Waals surface area (Å²) in [5.41, 5.74) is 1.48. The van der Waals surface area contributed by atoms with Crippen LogP contribution in [0.2, 0.25) is 10.0 Å². The van der Waals surface area contributed by atoms with Crippen LogP contribution in [0.15, 0.2) is 29.5 Å². The van der Waals surface area contributed by atoms with Gasteiger partial charge in [-0.15, -0.1) is 0 Å². The van der Waals surface area contributed by atoms with Crippen molar-refractivity contribution in [2.24, 2.45) is 5.92 Å². The van der Waals surface area contributed by atoms with Crippen LogP contribution in [0.25, 0.3) is 0 Å². The van der Waals surface area contributed by atoms with E-state index in [2.05, 4.69) is 17.1 Å². The third-order valence-corrected chi connectivity index (χ3v) is 8.45. The quantitative estimate of drug-likeness (QED) is 0.501. The van der Waals surface area contributed by atoms with Crippen LogP contribution in [-0.2, 0) is 14.3 Å². The monoisotopic (exact) mass is 550 g/mol. The zero-order valence-corrected chi connectivity index (χ0v) is 23.3. The minimum atomic E-state index is -0.793. The van der Waals surface area contributed by atoms with E-state index in [1.54, 1.807) is 30.0 Å². The first-order chi connectivity index (χ1) is 17.8. The molecule has 10 heteroatoms. The van der Waals surface area contributed by atoms with Gasteiger partial charge in [-0.05, 0) is 45.2 Å². The highest BCUT2D eigenvalue weighted by atomic mass is 35.5. The molecule has 4 rings (SSSR count). The third-order valence-electron chi connectivity index (χ3n) is 7.61. The molecule has 3 aliphatic rings. The first-order valence-electron chi connectivity index (χ1n) is 13.2. The van der Waals surface area contributed by atoms with Gasteiger partial charge in [-0.25, -0.2) is 9.59 Å². The fourth-order valence-corrected chi connectivity index (χ4v) is 6.17. The van der Waals surface area contributed by atoms with Gasteiger partial charge in [0, 0.05) is 50.4 Å². The molecular formula is C27H36Cl2N4O4. The Morgan fingerprint density at radius 2 is 1.86 bits per heavy atom. The smallest absolute Gasteiger partial charge is 0.338 e. The van der Waals surface area contributed by atoms with Crippen molar-refractivity contribution in [2.75, 3.05) is 39.3 Å². The van der Waals surface area contributed by atoms with E-state index in [4.69, 9.17) is 27.9 Å². The lowest BCUT2D eigenvalue weighted by molar-refractivity contribution is -0.140. The van der Waals surface area contributed by atoms with E-state index in [9.17, 15) is 14.4 Å². The van der Waals surface area contributed by atoms with Gasteiger partial charge in [0.1, 0.15) is 0 Å². The van der Waals surface area contributed by atoms with Crippen LogP contribution in [-0.4, -0.2) is 78.0 Å². The SMILES string of the molecule is CCOC(=O)C1=C(CN2CCN(C(=O)C3CCCC3)[C@@H](C)C2)N(CC)C(=O)N[C@@H]1c1cccc(Cl)c1Cl. The summed E-state index contributed by atoms with van der Waals surface area (Å²) in [5, 5.41) is 3.56. The van der Waals surface area contributed by atoms with Crippen LogP contribution < -0.4 is 5.32 Å². The van der Waals surface area contributed by atoms with Gasteiger partial charge < -0.3 is 15.0 Å². The summed E-state index contributed by atoms with van der Waals surface area (Å²) in [5.74, 6) is -0.0907. The second kappa shape index (κ2) is 12.0. The number of carbonyl (C=O) groups is 3. The van der Waals surface area contributed by atoms with Crippen molar-refractivity contribution in [3.63, 3.8) is 0 Å². The maximum absolute atomic E-state index is 13.3. The molecule has 3 amide bonds. The van der Waals surface area contributed by atoms with E-state index in [-0.39, 0.29) is 35.5 Å². The van der Waals surface area contributed by atoms with Gasteiger partial charge in [-0.2, -0.15) is 0 Å². The lowest BCUT2D eigenvalue weighted by Gasteiger charge is -2.43. The summed E-state index contributed by atoms with van der Waals surface area (Å²) in [6.07, 6.45) is 4.22.